The second-order valence-electron chi connectivity index (χ2n) is 9.60. The quantitative estimate of drug-likeness (QED) is 0.213. The van der Waals surface area contributed by atoms with Crippen LogP contribution in [-0.2, 0) is 0 Å². The van der Waals surface area contributed by atoms with Crippen molar-refractivity contribution in [2.24, 2.45) is 0 Å². The number of hydrogen-bond acceptors (Lipinski definition) is 10. The average molecular weight is 581 g/mol. The fourth-order valence-corrected chi connectivity index (χ4v) is 5.03. The zero-order valence-electron chi connectivity index (χ0n) is 23.1. The zero-order chi connectivity index (χ0) is 30.4. The van der Waals surface area contributed by atoms with Gasteiger partial charge >= 0.3 is 0 Å². The maximum atomic E-state index is 13.3. The highest BCUT2D eigenvalue weighted by atomic mass is 16.5. The van der Waals surface area contributed by atoms with Crippen LogP contribution in [-0.4, -0.2) is 36.6 Å². The normalized spacial score (nSPS) is 11.1. The Morgan fingerprint density at radius 2 is 1.19 bits per heavy atom. The Morgan fingerprint density at radius 1 is 0.558 bits per heavy atom. The third-order valence-corrected chi connectivity index (χ3v) is 7.12. The molecule has 4 aromatic carbocycles. The van der Waals surface area contributed by atoms with E-state index in [-0.39, 0.29) is 56.1 Å². The number of phenolic OH excluding ortho intramolecular Hbond substituents is 3. The van der Waals surface area contributed by atoms with E-state index in [0.717, 1.165) is 6.07 Å². The number of fused-ring (bicyclic) bond motifs is 2. The number of methoxy groups -OCH3 is 3. The Balaban J connectivity index is 1.67. The van der Waals surface area contributed by atoms with Gasteiger partial charge in [0.2, 0.25) is 0 Å². The zero-order valence-corrected chi connectivity index (χ0v) is 23.1. The maximum absolute atomic E-state index is 13.3. The van der Waals surface area contributed by atoms with E-state index in [0.29, 0.717) is 22.6 Å². The fourth-order valence-electron chi connectivity index (χ4n) is 5.03. The van der Waals surface area contributed by atoms with Crippen LogP contribution in [0.5, 0.6) is 34.5 Å². The van der Waals surface area contributed by atoms with Gasteiger partial charge in [0.1, 0.15) is 62.4 Å². The predicted octanol–water partition coefficient (Wildman–Crippen LogP) is 6.04. The molecule has 0 bridgehead atoms. The van der Waals surface area contributed by atoms with E-state index < -0.39 is 22.4 Å². The molecule has 0 aliphatic carbocycles. The molecule has 3 N–H and O–H groups in total. The van der Waals surface area contributed by atoms with Gasteiger partial charge in [0.05, 0.1) is 26.9 Å². The van der Waals surface area contributed by atoms with Crippen molar-refractivity contribution in [2.45, 2.75) is 0 Å². The highest BCUT2D eigenvalue weighted by Gasteiger charge is 2.24. The van der Waals surface area contributed by atoms with E-state index in [1.807, 2.05) is 0 Å². The molecule has 0 saturated carbocycles. The van der Waals surface area contributed by atoms with Crippen molar-refractivity contribution >= 4 is 21.9 Å². The van der Waals surface area contributed by atoms with Crippen LogP contribution in [0, 0.1) is 0 Å². The van der Waals surface area contributed by atoms with Crippen molar-refractivity contribution in [1.82, 2.24) is 0 Å². The van der Waals surface area contributed by atoms with Crippen LogP contribution >= 0.6 is 0 Å². The molecule has 10 heteroatoms. The number of aromatic hydroxyl groups is 3. The summed E-state index contributed by atoms with van der Waals surface area (Å²) in [6, 6.07) is 17.9. The molecule has 0 amide bonds. The maximum Gasteiger partial charge on any atom is 0.197 e. The molecular weight excluding hydrogens is 556 g/mol. The van der Waals surface area contributed by atoms with Crippen molar-refractivity contribution in [3.8, 4) is 68.3 Å². The van der Waals surface area contributed by atoms with E-state index in [1.165, 1.54) is 45.6 Å². The summed E-state index contributed by atoms with van der Waals surface area (Å²) in [4.78, 5) is 26.5. The molecule has 0 saturated heterocycles. The number of hydrogen-bond donors (Lipinski definition) is 3. The molecule has 0 atom stereocenters. The largest absolute Gasteiger partial charge is 0.507 e. The second-order valence-corrected chi connectivity index (χ2v) is 9.60. The number of ether oxygens (including phenoxy) is 3. The van der Waals surface area contributed by atoms with Crippen LogP contribution in [0.3, 0.4) is 0 Å². The molecule has 2 heterocycles. The lowest BCUT2D eigenvalue weighted by Gasteiger charge is -2.16. The Labute approximate surface area is 243 Å². The Morgan fingerprint density at radius 3 is 1.88 bits per heavy atom. The first-order chi connectivity index (χ1) is 20.7. The standard InChI is InChI=1S/C33H24O10/c1-39-17-6-4-16(5-7-17)27-14-26(38)32-24(36)13-23(35)30(33(32)43-27)21-10-18(40-2)8-9-20(21)28-15-25(37)31-22(34)11-19(41-3)12-29(31)42-28/h4-15,34-36H,1-3H3. The van der Waals surface area contributed by atoms with E-state index in [4.69, 9.17) is 23.0 Å². The van der Waals surface area contributed by atoms with Crippen LogP contribution in [0.1, 0.15) is 0 Å². The minimum absolute atomic E-state index is 0.0346. The molecule has 10 nitrogen and oxygen atoms in total. The van der Waals surface area contributed by atoms with Crippen LogP contribution in [0.15, 0.2) is 91.2 Å². The van der Waals surface area contributed by atoms with Gasteiger partial charge in [0.15, 0.2) is 16.4 Å². The SMILES string of the molecule is COc1ccc(-c2cc(=O)c3c(O)cc(O)c(-c4cc(OC)ccc4-c4cc(=O)c5c(O)cc(OC)cc5o4)c3o2)cc1. The van der Waals surface area contributed by atoms with Crippen molar-refractivity contribution in [1.29, 1.82) is 0 Å². The lowest BCUT2D eigenvalue weighted by molar-refractivity contribution is 0.408. The van der Waals surface area contributed by atoms with Crippen molar-refractivity contribution in [3.63, 3.8) is 0 Å². The molecule has 216 valence electrons. The molecule has 0 fully saturated rings. The lowest BCUT2D eigenvalue weighted by atomic mass is 9.94. The van der Waals surface area contributed by atoms with Gasteiger partial charge in [-0.15, -0.1) is 0 Å². The highest BCUT2D eigenvalue weighted by Crippen LogP contribution is 2.46. The average Bonchev–Trinajstić information content (AvgIpc) is 3.00. The molecule has 43 heavy (non-hydrogen) atoms. The Bertz CT molecular complexity index is 2160. The summed E-state index contributed by atoms with van der Waals surface area (Å²) < 4.78 is 28.2. The van der Waals surface area contributed by atoms with Gasteiger partial charge in [-0.2, -0.15) is 0 Å². The number of benzene rings is 4. The van der Waals surface area contributed by atoms with Crippen molar-refractivity contribution in [2.75, 3.05) is 21.3 Å². The summed E-state index contributed by atoms with van der Waals surface area (Å²) in [5, 5.41) is 32.1. The lowest BCUT2D eigenvalue weighted by Crippen LogP contribution is -2.03. The van der Waals surface area contributed by atoms with Gasteiger partial charge < -0.3 is 38.4 Å². The van der Waals surface area contributed by atoms with Gasteiger partial charge in [-0.1, -0.05) is 0 Å². The number of phenols is 3. The molecule has 0 aliphatic heterocycles. The van der Waals surface area contributed by atoms with E-state index >= 15 is 0 Å². The summed E-state index contributed by atoms with van der Waals surface area (Å²) in [5.74, 6) is 0.331. The van der Waals surface area contributed by atoms with Crippen molar-refractivity contribution in [3.05, 3.63) is 93.2 Å². The van der Waals surface area contributed by atoms with Crippen LogP contribution in [0.4, 0.5) is 0 Å². The first kappa shape index (κ1) is 27.3. The van der Waals surface area contributed by atoms with E-state index in [1.54, 1.807) is 42.5 Å². The first-order valence-electron chi connectivity index (χ1n) is 12.9. The van der Waals surface area contributed by atoms with Crippen LogP contribution < -0.4 is 25.1 Å². The highest BCUT2D eigenvalue weighted by molar-refractivity contribution is 6.03. The predicted molar refractivity (Wildman–Crippen MR) is 159 cm³/mol. The fraction of sp³-hybridized carbons (Fsp3) is 0.0909. The van der Waals surface area contributed by atoms with Gasteiger partial charge in [-0.3, -0.25) is 9.59 Å². The molecule has 2 aromatic heterocycles. The molecular formula is C33H24O10. The second kappa shape index (κ2) is 10.5. The minimum atomic E-state index is -0.546. The molecule has 0 radical (unpaired) electrons. The van der Waals surface area contributed by atoms with Crippen molar-refractivity contribution < 1.29 is 38.4 Å². The van der Waals surface area contributed by atoms with E-state index in [9.17, 15) is 24.9 Å². The third-order valence-electron chi connectivity index (χ3n) is 7.12. The Kier molecular flexibility index (Phi) is 6.66. The summed E-state index contributed by atoms with van der Waals surface area (Å²) in [7, 11) is 4.41. The van der Waals surface area contributed by atoms with Gasteiger partial charge in [-0.25, -0.2) is 0 Å². The Hall–Kier alpha value is -5.90. The van der Waals surface area contributed by atoms with Crippen LogP contribution in [0.2, 0.25) is 0 Å². The third kappa shape index (κ3) is 4.64. The van der Waals surface area contributed by atoms with E-state index in [2.05, 4.69) is 0 Å². The topological polar surface area (TPSA) is 149 Å². The van der Waals surface area contributed by atoms with Crippen LogP contribution in [0.25, 0.3) is 55.7 Å². The summed E-state index contributed by atoms with van der Waals surface area (Å²) in [6.07, 6.45) is 0. The molecule has 0 aliphatic rings. The van der Waals surface area contributed by atoms with Gasteiger partial charge in [0.25, 0.3) is 0 Å². The van der Waals surface area contributed by atoms with Gasteiger partial charge in [0, 0.05) is 47.0 Å². The molecule has 6 rings (SSSR count). The molecule has 0 spiro atoms. The summed E-state index contributed by atoms with van der Waals surface area (Å²) in [5.41, 5.74) is 0.0795. The summed E-state index contributed by atoms with van der Waals surface area (Å²) >= 11 is 0. The van der Waals surface area contributed by atoms with Gasteiger partial charge in [-0.05, 0) is 42.5 Å². The number of rotatable bonds is 6. The first-order valence-corrected chi connectivity index (χ1v) is 12.9. The summed E-state index contributed by atoms with van der Waals surface area (Å²) in [6.45, 7) is 0. The molecule has 6 aromatic rings. The molecule has 0 unspecified atom stereocenters. The smallest absolute Gasteiger partial charge is 0.197 e. The minimum Gasteiger partial charge on any atom is -0.507 e. The monoisotopic (exact) mass is 580 g/mol.